The Morgan fingerprint density at radius 1 is 1.47 bits per heavy atom. The summed E-state index contributed by atoms with van der Waals surface area (Å²) >= 11 is 1.64. The van der Waals surface area contributed by atoms with Gasteiger partial charge in [-0.05, 0) is 24.3 Å². The van der Waals surface area contributed by atoms with Crippen molar-refractivity contribution in [2.24, 2.45) is 5.92 Å². The third kappa shape index (κ3) is 3.57. The van der Waals surface area contributed by atoms with E-state index in [0.717, 1.165) is 4.88 Å². The van der Waals surface area contributed by atoms with Crippen molar-refractivity contribution in [3.05, 3.63) is 34.2 Å². The third-order valence-corrected chi connectivity index (χ3v) is 3.63. The molecule has 0 saturated carbocycles. The van der Waals surface area contributed by atoms with Crippen molar-refractivity contribution >= 4 is 23.2 Å². The van der Waals surface area contributed by atoms with Gasteiger partial charge in [-0.2, -0.15) is 0 Å². The molecule has 0 aliphatic rings. The van der Waals surface area contributed by atoms with Gasteiger partial charge in [0.2, 0.25) is 0 Å². The monoisotopic (exact) mass is 279 g/mol. The zero-order valence-corrected chi connectivity index (χ0v) is 12.0. The fraction of sp³-hybridized carbons (Fsp3) is 0.385. The summed E-state index contributed by atoms with van der Waals surface area (Å²) in [4.78, 5) is 13.1. The second-order valence-corrected chi connectivity index (χ2v) is 5.64. The number of carbonyl (C=O) groups is 1. The molecule has 2 amide bonds. The lowest BCUT2D eigenvalue weighted by Gasteiger charge is -2.21. The molecule has 2 aromatic heterocycles. The number of aromatic nitrogens is 1. The van der Waals surface area contributed by atoms with Crippen LogP contribution in [0.1, 0.15) is 30.5 Å². The van der Waals surface area contributed by atoms with Crippen molar-refractivity contribution < 1.29 is 9.32 Å². The number of hydrogen-bond acceptors (Lipinski definition) is 4. The molecule has 0 aliphatic heterocycles. The number of aryl methyl sites for hydroxylation is 1. The van der Waals surface area contributed by atoms with E-state index in [-0.39, 0.29) is 12.1 Å². The normalized spacial score (nSPS) is 12.4. The van der Waals surface area contributed by atoms with Crippen molar-refractivity contribution in [1.29, 1.82) is 0 Å². The number of hydrogen-bond donors (Lipinski definition) is 2. The van der Waals surface area contributed by atoms with Gasteiger partial charge >= 0.3 is 6.03 Å². The van der Waals surface area contributed by atoms with E-state index in [1.807, 2.05) is 17.5 Å². The molecule has 0 bridgehead atoms. The van der Waals surface area contributed by atoms with Gasteiger partial charge in [-0.15, -0.1) is 11.3 Å². The second-order valence-electron chi connectivity index (χ2n) is 4.66. The van der Waals surface area contributed by atoms with Crippen LogP contribution in [0.3, 0.4) is 0 Å². The Labute approximate surface area is 116 Å². The summed E-state index contributed by atoms with van der Waals surface area (Å²) < 4.78 is 4.90. The molecule has 2 aromatic rings. The summed E-state index contributed by atoms with van der Waals surface area (Å²) in [5.74, 6) is 1.39. The predicted octanol–water partition coefficient (Wildman–Crippen LogP) is 3.56. The first-order valence-corrected chi connectivity index (χ1v) is 6.98. The van der Waals surface area contributed by atoms with Crippen LogP contribution in [0.15, 0.2) is 28.1 Å². The fourth-order valence-electron chi connectivity index (χ4n) is 1.75. The standard InChI is InChI=1S/C13H17N3O2S/c1-8(2)12(10-5-4-6-19-10)15-13(17)14-11-7-9(3)18-16-11/h4-8,12H,1-3H3,(H2,14,15,16,17)/t12-/m0/s1. The van der Waals surface area contributed by atoms with Gasteiger partial charge < -0.3 is 9.84 Å². The number of carbonyl (C=O) groups excluding carboxylic acids is 1. The summed E-state index contributed by atoms with van der Waals surface area (Å²) in [6.45, 7) is 5.93. The van der Waals surface area contributed by atoms with Gasteiger partial charge in [0.25, 0.3) is 0 Å². The van der Waals surface area contributed by atoms with Gasteiger partial charge in [0.05, 0.1) is 6.04 Å². The molecule has 2 heterocycles. The maximum Gasteiger partial charge on any atom is 0.321 e. The summed E-state index contributed by atoms with van der Waals surface area (Å²) in [5.41, 5.74) is 0. The van der Waals surface area contributed by atoms with E-state index in [2.05, 4.69) is 29.6 Å². The molecule has 102 valence electrons. The molecule has 0 unspecified atom stereocenters. The van der Waals surface area contributed by atoms with Crippen LogP contribution in [0, 0.1) is 12.8 Å². The first-order valence-electron chi connectivity index (χ1n) is 6.10. The van der Waals surface area contributed by atoms with E-state index in [0.29, 0.717) is 17.5 Å². The Hall–Kier alpha value is -1.82. The van der Waals surface area contributed by atoms with Gasteiger partial charge in [-0.25, -0.2) is 4.79 Å². The summed E-state index contributed by atoms with van der Waals surface area (Å²) in [6.07, 6.45) is 0. The predicted molar refractivity (Wildman–Crippen MR) is 75.3 cm³/mol. The molecule has 6 heteroatoms. The summed E-state index contributed by atoms with van der Waals surface area (Å²) in [7, 11) is 0. The Bertz CT molecular complexity index is 534. The molecule has 1 atom stereocenters. The average Bonchev–Trinajstić information content (AvgIpc) is 2.97. The minimum atomic E-state index is -0.277. The van der Waals surface area contributed by atoms with Gasteiger partial charge in [0.1, 0.15) is 5.76 Å². The van der Waals surface area contributed by atoms with Crippen LogP contribution in [-0.2, 0) is 0 Å². The van der Waals surface area contributed by atoms with E-state index in [9.17, 15) is 4.79 Å². The molecule has 0 aromatic carbocycles. The van der Waals surface area contributed by atoms with Crippen LogP contribution in [0.25, 0.3) is 0 Å². The van der Waals surface area contributed by atoms with Crippen LogP contribution in [0.4, 0.5) is 10.6 Å². The van der Waals surface area contributed by atoms with Crippen molar-refractivity contribution in [3.8, 4) is 0 Å². The quantitative estimate of drug-likeness (QED) is 0.899. The lowest BCUT2D eigenvalue weighted by Crippen LogP contribution is -2.34. The molecule has 5 nitrogen and oxygen atoms in total. The third-order valence-electron chi connectivity index (χ3n) is 2.67. The highest BCUT2D eigenvalue weighted by Crippen LogP contribution is 2.25. The Morgan fingerprint density at radius 2 is 2.26 bits per heavy atom. The topological polar surface area (TPSA) is 67.2 Å². The van der Waals surface area contributed by atoms with Crippen molar-refractivity contribution in [1.82, 2.24) is 10.5 Å². The highest BCUT2D eigenvalue weighted by Gasteiger charge is 2.19. The summed E-state index contributed by atoms with van der Waals surface area (Å²) in [6, 6.07) is 5.40. The molecule has 0 spiro atoms. The molecule has 19 heavy (non-hydrogen) atoms. The smallest absolute Gasteiger partial charge is 0.321 e. The van der Waals surface area contributed by atoms with Gasteiger partial charge in [0.15, 0.2) is 5.82 Å². The van der Waals surface area contributed by atoms with Crippen LogP contribution in [0.5, 0.6) is 0 Å². The number of amides is 2. The van der Waals surface area contributed by atoms with E-state index in [1.165, 1.54) is 0 Å². The SMILES string of the molecule is Cc1cc(NC(=O)N[C@H](c2cccs2)C(C)C)no1. The lowest BCUT2D eigenvalue weighted by atomic mass is 10.0. The highest BCUT2D eigenvalue weighted by molar-refractivity contribution is 7.10. The van der Waals surface area contributed by atoms with E-state index < -0.39 is 0 Å². The molecule has 0 radical (unpaired) electrons. The fourth-order valence-corrected chi connectivity index (χ4v) is 2.70. The number of urea groups is 1. The number of rotatable bonds is 4. The van der Waals surface area contributed by atoms with Crippen molar-refractivity contribution in [2.75, 3.05) is 5.32 Å². The maximum atomic E-state index is 11.9. The van der Waals surface area contributed by atoms with Crippen LogP contribution in [-0.4, -0.2) is 11.2 Å². The molecular formula is C13H17N3O2S. The number of nitrogens with one attached hydrogen (secondary N) is 2. The molecule has 0 fully saturated rings. The Balaban J connectivity index is 2.00. The lowest BCUT2D eigenvalue weighted by molar-refractivity contribution is 0.245. The van der Waals surface area contributed by atoms with Crippen LogP contribution in [0.2, 0.25) is 0 Å². The number of nitrogens with zero attached hydrogens (tertiary/aromatic N) is 1. The van der Waals surface area contributed by atoms with Crippen molar-refractivity contribution in [2.45, 2.75) is 26.8 Å². The highest BCUT2D eigenvalue weighted by atomic mass is 32.1. The zero-order valence-electron chi connectivity index (χ0n) is 11.1. The average molecular weight is 279 g/mol. The second kappa shape index (κ2) is 5.88. The first-order chi connectivity index (χ1) is 9.06. The van der Waals surface area contributed by atoms with Gasteiger partial charge in [-0.3, -0.25) is 5.32 Å². The minimum absolute atomic E-state index is 0.00648. The van der Waals surface area contributed by atoms with Gasteiger partial charge in [-0.1, -0.05) is 25.1 Å². The van der Waals surface area contributed by atoms with E-state index >= 15 is 0 Å². The molecule has 2 rings (SSSR count). The van der Waals surface area contributed by atoms with Gasteiger partial charge in [0, 0.05) is 10.9 Å². The van der Waals surface area contributed by atoms with Crippen LogP contribution >= 0.6 is 11.3 Å². The van der Waals surface area contributed by atoms with Crippen molar-refractivity contribution in [3.63, 3.8) is 0 Å². The molecule has 0 aliphatic carbocycles. The molecule has 2 N–H and O–H groups in total. The summed E-state index contributed by atoms with van der Waals surface area (Å²) in [5, 5.41) is 11.3. The molecular weight excluding hydrogens is 262 g/mol. The number of thiophene rings is 1. The van der Waals surface area contributed by atoms with E-state index in [4.69, 9.17) is 4.52 Å². The maximum absolute atomic E-state index is 11.9. The Morgan fingerprint density at radius 3 is 2.79 bits per heavy atom. The Kier molecular flexibility index (Phi) is 4.21. The number of anilines is 1. The van der Waals surface area contributed by atoms with Crippen LogP contribution < -0.4 is 10.6 Å². The zero-order chi connectivity index (χ0) is 13.8. The largest absolute Gasteiger partial charge is 0.360 e. The molecule has 0 saturated heterocycles. The van der Waals surface area contributed by atoms with E-state index in [1.54, 1.807) is 24.3 Å². The minimum Gasteiger partial charge on any atom is -0.360 e. The first kappa shape index (κ1) is 13.6.